The first-order valence-corrected chi connectivity index (χ1v) is 9.27. The lowest BCUT2D eigenvalue weighted by atomic mass is 10.2. The van der Waals surface area contributed by atoms with E-state index < -0.39 is 11.6 Å². The van der Waals surface area contributed by atoms with Crippen LogP contribution in [0.25, 0.3) is 11.5 Å². The summed E-state index contributed by atoms with van der Waals surface area (Å²) in [5.74, 6) is -0.317. The Morgan fingerprint density at radius 1 is 1.04 bits per heavy atom. The van der Waals surface area contributed by atoms with Crippen LogP contribution in [0.4, 0.5) is 8.78 Å². The van der Waals surface area contributed by atoms with Crippen LogP contribution >= 0.6 is 0 Å². The molecule has 1 aromatic heterocycles. The van der Waals surface area contributed by atoms with E-state index in [4.69, 9.17) is 4.42 Å². The third-order valence-corrected chi connectivity index (χ3v) is 4.91. The van der Waals surface area contributed by atoms with Crippen LogP contribution in [0.2, 0.25) is 0 Å². The topological polar surface area (TPSA) is 29.3 Å². The molecule has 0 bridgehead atoms. The number of halogens is 2. The first kappa shape index (κ1) is 17.9. The summed E-state index contributed by atoms with van der Waals surface area (Å²) in [5.41, 5.74) is 2.07. The largest absolute Gasteiger partial charge is 0.441 e. The van der Waals surface area contributed by atoms with Gasteiger partial charge in [-0.15, -0.1) is 0 Å². The van der Waals surface area contributed by atoms with Crippen molar-refractivity contribution in [3.8, 4) is 11.5 Å². The number of nitrogens with zero attached hydrogens (tertiary/aromatic N) is 2. The van der Waals surface area contributed by atoms with Crippen molar-refractivity contribution in [2.45, 2.75) is 32.9 Å². The fraction of sp³-hybridized carbons (Fsp3) is 0.318. The van der Waals surface area contributed by atoms with Crippen molar-refractivity contribution in [3.63, 3.8) is 0 Å². The highest BCUT2D eigenvalue weighted by atomic mass is 19.2. The van der Waals surface area contributed by atoms with E-state index in [1.807, 2.05) is 25.1 Å². The number of benzene rings is 2. The molecular weight excluding hydrogens is 346 g/mol. The van der Waals surface area contributed by atoms with E-state index in [0.717, 1.165) is 30.8 Å². The van der Waals surface area contributed by atoms with Gasteiger partial charge in [-0.2, -0.15) is 0 Å². The van der Waals surface area contributed by atoms with Crippen molar-refractivity contribution in [2.75, 3.05) is 6.54 Å². The molecular formula is C22H22F2N2O. The number of rotatable bonds is 7. The third kappa shape index (κ3) is 4.25. The van der Waals surface area contributed by atoms with Crippen LogP contribution in [0.15, 0.2) is 52.9 Å². The zero-order valence-corrected chi connectivity index (χ0v) is 15.3. The lowest BCUT2D eigenvalue weighted by Crippen LogP contribution is -2.25. The van der Waals surface area contributed by atoms with Crippen LogP contribution in [0.5, 0.6) is 0 Å². The molecule has 0 radical (unpaired) electrons. The highest BCUT2D eigenvalue weighted by Gasteiger charge is 2.26. The van der Waals surface area contributed by atoms with Gasteiger partial charge in [0, 0.05) is 19.6 Å². The van der Waals surface area contributed by atoms with Crippen molar-refractivity contribution in [2.24, 2.45) is 5.92 Å². The average Bonchev–Trinajstić information content (AvgIpc) is 3.40. The third-order valence-electron chi connectivity index (χ3n) is 4.91. The lowest BCUT2D eigenvalue weighted by Gasteiger charge is -2.21. The van der Waals surface area contributed by atoms with Crippen LogP contribution in [0, 0.1) is 24.5 Å². The minimum Gasteiger partial charge on any atom is -0.441 e. The highest BCUT2D eigenvalue weighted by molar-refractivity contribution is 5.54. The molecule has 0 unspecified atom stereocenters. The van der Waals surface area contributed by atoms with E-state index in [1.54, 1.807) is 0 Å². The van der Waals surface area contributed by atoms with Crippen LogP contribution in [-0.2, 0) is 13.1 Å². The van der Waals surface area contributed by atoms with Gasteiger partial charge < -0.3 is 4.42 Å². The highest BCUT2D eigenvalue weighted by Crippen LogP contribution is 2.31. The first-order valence-electron chi connectivity index (χ1n) is 9.27. The van der Waals surface area contributed by atoms with Gasteiger partial charge in [0.2, 0.25) is 5.89 Å². The number of aromatic nitrogens is 1. The monoisotopic (exact) mass is 368 g/mol. The molecule has 0 N–H and O–H groups in total. The number of aryl methyl sites for hydroxylation is 1. The lowest BCUT2D eigenvalue weighted by molar-refractivity contribution is 0.242. The molecule has 1 aliphatic carbocycles. The van der Waals surface area contributed by atoms with Crippen LogP contribution in [0.3, 0.4) is 0 Å². The van der Waals surface area contributed by atoms with Crippen molar-refractivity contribution in [1.82, 2.24) is 9.88 Å². The minimum atomic E-state index is -0.926. The fourth-order valence-corrected chi connectivity index (χ4v) is 3.26. The van der Waals surface area contributed by atoms with Crippen LogP contribution in [0.1, 0.15) is 29.9 Å². The Balaban J connectivity index is 1.56. The summed E-state index contributed by atoms with van der Waals surface area (Å²) in [6, 6.07) is 14.4. The van der Waals surface area contributed by atoms with E-state index >= 15 is 0 Å². The van der Waals surface area contributed by atoms with E-state index in [1.165, 1.54) is 30.5 Å². The van der Waals surface area contributed by atoms with Crippen molar-refractivity contribution < 1.29 is 13.2 Å². The van der Waals surface area contributed by atoms with Gasteiger partial charge in [0.25, 0.3) is 0 Å². The first-order chi connectivity index (χ1) is 13.1. The van der Waals surface area contributed by atoms with Crippen molar-refractivity contribution in [3.05, 3.63) is 77.2 Å². The van der Waals surface area contributed by atoms with E-state index in [2.05, 4.69) is 22.0 Å². The summed E-state index contributed by atoms with van der Waals surface area (Å²) in [4.78, 5) is 6.83. The van der Waals surface area contributed by atoms with Gasteiger partial charge >= 0.3 is 0 Å². The Labute approximate surface area is 157 Å². The molecule has 5 heteroatoms. The molecule has 140 valence electrons. The van der Waals surface area contributed by atoms with Crippen LogP contribution < -0.4 is 0 Å². The summed E-state index contributed by atoms with van der Waals surface area (Å²) in [6.45, 7) is 4.27. The quantitative estimate of drug-likeness (QED) is 0.564. The Morgan fingerprint density at radius 3 is 2.56 bits per heavy atom. The summed E-state index contributed by atoms with van der Waals surface area (Å²) in [6.07, 6.45) is 2.53. The zero-order valence-electron chi connectivity index (χ0n) is 15.3. The maximum atomic E-state index is 14.1. The standard InChI is InChI=1S/C22H22F2N2O/c1-15-20(25-22(27-15)18-8-5-9-19(23)21(18)24)14-26(13-17-10-11-17)12-16-6-3-2-4-7-16/h2-9,17H,10-14H2,1H3. The Hall–Kier alpha value is -2.53. The summed E-state index contributed by atoms with van der Waals surface area (Å²) in [5, 5.41) is 0. The summed E-state index contributed by atoms with van der Waals surface area (Å²) >= 11 is 0. The van der Waals surface area contributed by atoms with Crippen molar-refractivity contribution >= 4 is 0 Å². The van der Waals surface area contributed by atoms with Gasteiger partial charge in [0.1, 0.15) is 5.76 Å². The number of hydrogen-bond acceptors (Lipinski definition) is 3. The predicted octanol–water partition coefficient (Wildman–Crippen LogP) is 5.34. The van der Waals surface area contributed by atoms with Gasteiger partial charge in [0.15, 0.2) is 11.6 Å². The molecule has 1 heterocycles. The van der Waals surface area contributed by atoms with Crippen LogP contribution in [-0.4, -0.2) is 16.4 Å². The molecule has 3 aromatic rings. The Morgan fingerprint density at radius 2 is 1.81 bits per heavy atom. The predicted molar refractivity (Wildman–Crippen MR) is 99.9 cm³/mol. The van der Waals surface area contributed by atoms with Crippen molar-refractivity contribution in [1.29, 1.82) is 0 Å². The minimum absolute atomic E-state index is 0.0566. The normalized spacial score (nSPS) is 14.1. The number of hydrogen-bond donors (Lipinski definition) is 0. The summed E-state index contributed by atoms with van der Waals surface area (Å²) < 4.78 is 33.3. The molecule has 0 spiro atoms. The van der Waals surface area contributed by atoms with E-state index in [-0.39, 0.29) is 11.5 Å². The molecule has 0 amide bonds. The molecule has 1 fully saturated rings. The molecule has 0 saturated heterocycles. The van der Waals surface area contributed by atoms with Gasteiger partial charge in [-0.1, -0.05) is 36.4 Å². The maximum absolute atomic E-state index is 14.1. The summed E-state index contributed by atoms with van der Waals surface area (Å²) in [7, 11) is 0. The molecule has 27 heavy (non-hydrogen) atoms. The second kappa shape index (κ2) is 7.61. The molecule has 0 aliphatic heterocycles. The molecule has 4 rings (SSSR count). The molecule has 0 atom stereocenters. The smallest absolute Gasteiger partial charge is 0.229 e. The average molecular weight is 368 g/mol. The Kier molecular flexibility index (Phi) is 5.03. The fourth-order valence-electron chi connectivity index (χ4n) is 3.26. The van der Waals surface area contributed by atoms with E-state index in [0.29, 0.717) is 12.3 Å². The second-order valence-electron chi connectivity index (χ2n) is 7.22. The Bertz CT molecular complexity index is 919. The zero-order chi connectivity index (χ0) is 18.8. The SMILES string of the molecule is Cc1oc(-c2cccc(F)c2F)nc1CN(Cc1ccccc1)CC1CC1. The van der Waals surface area contributed by atoms with Gasteiger partial charge in [-0.05, 0) is 43.4 Å². The van der Waals surface area contributed by atoms with E-state index in [9.17, 15) is 8.78 Å². The van der Waals surface area contributed by atoms with Gasteiger partial charge in [-0.3, -0.25) is 4.90 Å². The maximum Gasteiger partial charge on any atom is 0.229 e. The number of oxazole rings is 1. The molecule has 2 aromatic carbocycles. The molecule has 3 nitrogen and oxygen atoms in total. The molecule has 1 saturated carbocycles. The molecule has 1 aliphatic rings. The van der Waals surface area contributed by atoms with Gasteiger partial charge in [-0.25, -0.2) is 13.8 Å². The second-order valence-corrected chi connectivity index (χ2v) is 7.22. The van der Waals surface area contributed by atoms with Gasteiger partial charge in [0.05, 0.1) is 11.3 Å².